The third kappa shape index (κ3) is 2.26. The van der Waals surface area contributed by atoms with Crippen molar-refractivity contribution in [2.24, 2.45) is 5.73 Å². The zero-order valence-electron chi connectivity index (χ0n) is 10.7. The second-order valence-electron chi connectivity index (χ2n) is 4.20. The lowest BCUT2D eigenvalue weighted by atomic mass is 10.1. The number of cyclic esters (lactones) is 1. The van der Waals surface area contributed by atoms with Crippen molar-refractivity contribution in [2.45, 2.75) is 19.4 Å². The Morgan fingerprint density at radius 3 is 2.89 bits per heavy atom. The minimum absolute atomic E-state index is 0.218. The zero-order chi connectivity index (χ0) is 13.1. The van der Waals surface area contributed by atoms with E-state index in [0.29, 0.717) is 13.1 Å². The van der Waals surface area contributed by atoms with E-state index in [1.165, 1.54) is 0 Å². The number of amides is 1. The van der Waals surface area contributed by atoms with Gasteiger partial charge in [0.15, 0.2) is 0 Å². The fraction of sp³-hybridized carbons (Fsp3) is 0.462. The van der Waals surface area contributed by atoms with Gasteiger partial charge >= 0.3 is 6.09 Å². The molecule has 0 radical (unpaired) electrons. The molecule has 0 spiro atoms. The Kier molecular flexibility index (Phi) is 3.72. The third-order valence-electron chi connectivity index (χ3n) is 3.09. The summed E-state index contributed by atoms with van der Waals surface area (Å²) >= 11 is 0. The highest BCUT2D eigenvalue weighted by molar-refractivity contribution is 5.90. The van der Waals surface area contributed by atoms with Crippen LogP contribution in [0.5, 0.6) is 5.75 Å². The molecule has 98 valence electrons. The Hall–Kier alpha value is -1.75. The lowest BCUT2D eigenvalue weighted by Crippen LogP contribution is -2.27. The van der Waals surface area contributed by atoms with Crippen LogP contribution in [0.15, 0.2) is 18.2 Å². The SMILES string of the molecule is CCc1cc(N2CC(CN)OC2=O)ccc1OC. The maximum Gasteiger partial charge on any atom is 0.414 e. The predicted octanol–water partition coefficient (Wildman–Crippen LogP) is 1.54. The summed E-state index contributed by atoms with van der Waals surface area (Å²) in [7, 11) is 1.64. The maximum absolute atomic E-state index is 11.7. The van der Waals surface area contributed by atoms with Crippen LogP contribution in [0.4, 0.5) is 10.5 Å². The molecule has 1 atom stereocenters. The molecule has 1 fully saturated rings. The van der Waals surface area contributed by atoms with Crippen molar-refractivity contribution >= 4 is 11.8 Å². The summed E-state index contributed by atoms with van der Waals surface area (Å²) in [6, 6.07) is 5.69. The quantitative estimate of drug-likeness (QED) is 0.880. The van der Waals surface area contributed by atoms with Crippen LogP contribution in [0, 0.1) is 0 Å². The molecule has 5 nitrogen and oxygen atoms in total. The third-order valence-corrected chi connectivity index (χ3v) is 3.09. The second kappa shape index (κ2) is 5.27. The van der Waals surface area contributed by atoms with Crippen LogP contribution in [0.25, 0.3) is 0 Å². The largest absolute Gasteiger partial charge is 0.496 e. The van der Waals surface area contributed by atoms with Gasteiger partial charge < -0.3 is 15.2 Å². The summed E-state index contributed by atoms with van der Waals surface area (Å²) in [5.74, 6) is 0.837. The number of nitrogens with two attached hydrogens (primary N) is 1. The fourth-order valence-electron chi connectivity index (χ4n) is 2.06. The molecule has 5 heteroatoms. The summed E-state index contributed by atoms with van der Waals surface area (Å²) in [4.78, 5) is 13.3. The summed E-state index contributed by atoms with van der Waals surface area (Å²) in [5, 5.41) is 0. The molecule has 1 saturated heterocycles. The van der Waals surface area contributed by atoms with E-state index in [2.05, 4.69) is 0 Å². The highest BCUT2D eigenvalue weighted by Gasteiger charge is 2.31. The number of nitrogens with zero attached hydrogens (tertiary/aromatic N) is 1. The van der Waals surface area contributed by atoms with E-state index >= 15 is 0 Å². The molecular formula is C13H18N2O3. The molecule has 2 rings (SSSR count). The van der Waals surface area contributed by atoms with Gasteiger partial charge in [-0.3, -0.25) is 4.90 Å². The lowest BCUT2D eigenvalue weighted by Gasteiger charge is -2.15. The van der Waals surface area contributed by atoms with Crippen LogP contribution < -0.4 is 15.4 Å². The monoisotopic (exact) mass is 250 g/mol. The van der Waals surface area contributed by atoms with Crippen molar-refractivity contribution in [2.75, 3.05) is 25.1 Å². The Balaban J connectivity index is 2.26. The predicted molar refractivity (Wildman–Crippen MR) is 69.0 cm³/mol. The normalized spacial score (nSPS) is 18.9. The average Bonchev–Trinajstić information content (AvgIpc) is 2.79. The van der Waals surface area contributed by atoms with Crippen LogP contribution in [-0.2, 0) is 11.2 Å². The highest BCUT2D eigenvalue weighted by Crippen LogP contribution is 2.28. The van der Waals surface area contributed by atoms with Crippen LogP contribution in [0.2, 0.25) is 0 Å². The van der Waals surface area contributed by atoms with E-state index in [0.717, 1.165) is 23.4 Å². The molecule has 0 saturated carbocycles. The van der Waals surface area contributed by atoms with Crippen molar-refractivity contribution in [3.8, 4) is 5.75 Å². The average molecular weight is 250 g/mol. The smallest absolute Gasteiger partial charge is 0.414 e. The zero-order valence-corrected chi connectivity index (χ0v) is 10.7. The topological polar surface area (TPSA) is 64.8 Å². The Morgan fingerprint density at radius 1 is 1.56 bits per heavy atom. The molecular weight excluding hydrogens is 232 g/mol. The number of ether oxygens (including phenoxy) is 2. The first-order valence-corrected chi connectivity index (χ1v) is 6.04. The van der Waals surface area contributed by atoms with E-state index in [1.54, 1.807) is 12.0 Å². The first-order valence-electron chi connectivity index (χ1n) is 6.04. The van der Waals surface area contributed by atoms with Crippen LogP contribution in [-0.4, -0.2) is 32.4 Å². The molecule has 1 heterocycles. The standard InChI is InChI=1S/C13H18N2O3/c1-3-9-6-10(4-5-12(9)17-2)15-8-11(7-14)18-13(15)16/h4-6,11H,3,7-8,14H2,1-2H3. The number of benzene rings is 1. The van der Waals surface area contributed by atoms with Crippen molar-refractivity contribution in [3.63, 3.8) is 0 Å². The summed E-state index contributed by atoms with van der Waals surface area (Å²) in [5.41, 5.74) is 7.41. The van der Waals surface area contributed by atoms with Gasteiger partial charge in [-0.05, 0) is 30.2 Å². The molecule has 2 N–H and O–H groups in total. The van der Waals surface area contributed by atoms with Gasteiger partial charge in [0, 0.05) is 12.2 Å². The van der Waals surface area contributed by atoms with E-state index in [4.69, 9.17) is 15.2 Å². The second-order valence-corrected chi connectivity index (χ2v) is 4.20. The van der Waals surface area contributed by atoms with Crippen LogP contribution in [0.3, 0.4) is 0 Å². The molecule has 1 unspecified atom stereocenters. The number of methoxy groups -OCH3 is 1. The van der Waals surface area contributed by atoms with Gasteiger partial charge in [0.2, 0.25) is 0 Å². The van der Waals surface area contributed by atoms with Crippen LogP contribution >= 0.6 is 0 Å². The molecule has 0 aliphatic carbocycles. The number of carbonyl (C=O) groups excluding carboxylic acids is 1. The van der Waals surface area contributed by atoms with Gasteiger partial charge in [0.05, 0.1) is 13.7 Å². The number of rotatable bonds is 4. The van der Waals surface area contributed by atoms with Gasteiger partial charge in [-0.2, -0.15) is 0 Å². The van der Waals surface area contributed by atoms with Crippen molar-refractivity contribution in [1.29, 1.82) is 0 Å². The van der Waals surface area contributed by atoms with Crippen molar-refractivity contribution < 1.29 is 14.3 Å². The minimum Gasteiger partial charge on any atom is -0.496 e. The Morgan fingerprint density at radius 2 is 2.33 bits per heavy atom. The first kappa shape index (κ1) is 12.7. The molecule has 1 aromatic rings. The number of aryl methyl sites for hydroxylation is 1. The fourth-order valence-corrected chi connectivity index (χ4v) is 2.06. The summed E-state index contributed by atoms with van der Waals surface area (Å²) in [6.07, 6.45) is 0.294. The number of hydrogen-bond donors (Lipinski definition) is 1. The molecule has 0 aromatic heterocycles. The summed E-state index contributed by atoms with van der Waals surface area (Å²) in [6.45, 7) is 2.90. The molecule has 1 aromatic carbocycles. The van der Waals surface area contributed by atoms with Gasteiger partial charge in [-0.1, -0.05) is 6.92 Å². The molecule has 1 amide bonds. The minimum atomic E-state index is -0.335. The lowest BCUT2D eigenvalue weighted by molar-refractivity contribution is 0.145. The van der Waals surface area contributed by atoms with E-state index in [-0.39, 0.29) is 12.2 Å². The molecule has 0 bridgehead atoms. The number of anilines is 1. The Labute approximate surface area is 106 Å². The van der Waals surface area contributed by atoms with Gasteiger partial charge in [0.25, 0.3) is 0 Å². The highest BCUT2D eigenvalue weighted by atomic mass is 16.6. The van der Waals surface area contributed by atoms with Crippen LogP contribution in [0.1, 0.15) is 12.5 Å². The molecule has 18 heavy (non-hydrogen) atoms. The molecule has 1 aliphatic rings. The van der Waals surface area contributed by atoms with Gasteiger partial charge in [0.1, 0.15) is 11.9 Å². The maximum atomic E-state index is 11.7. The van der Waals surface area contributed by atoms with Crippen molar-refractivity contribution in [1.82, 2.24) is 0 Å². The Bertz CT molecular complexity index is 448. The first-order chi connectivity index (χ1) is 8.69. The number of carbonyl (C=O) groups is 1. The van der Waals surface area contributed by atoms with Gasteiger partial charge in [-0.15, -0.1) is 0 Å². The molecule has 1 aliphatic heterocycles. The van der Waals surface area contributed by atoms with Crippen molar-refractivity contribution in [3.05, 3.63) is 23.8 Å². The van der Waals surface area contributed by atoms with E-state index in [9.17, 15) is 4.79 Å². The van der Waals surface area contributed by atoms with E-state index < -0.39 is 0 Å². The van der Waals surface area contributed by atoms with E-state index in [1.807, 2.05) is 25.1 Å². The number of hydrogen-bond acceptors (Lipinski definition) is 4. The summed E-state index contributed by atoms with van der Waals surface area (Å²) < 4.78 is 10.4. The van der Waals surface area contributed by atoms with Gasteiger partial charge in [-0.25, -0.2) is 4.79 Å².